The summed E-state index contributed by atoms with van der Waals surface area (Å²) in [6.45, 7) is 6.18. The SMILES string of the molecule is CNC(c1cc(OC)c(OC)cc1F)C(C)(C)C. The van der Waals surface area contributed by atoms with E-state index in [2.05, 4.69) is 26.1 Å². The molecule has 0 aliphatic carbocycles. The minimum absolute atomic E-state index is 0.0997. The van der Waals surface area contributed by atoms with Crippen LogP contribution in [0.5, 0.6) is 11.5 Å². The van der Waals surface area contributed by atoms with Crippen molar-refractivity contribution in [1.29, 1.82) is 0 Å². The number of rotatable bonds is 4. The Balaban J connectivity index is 3.32. The second kappa shape index (κ2) is 5.57. The van der Waals surface area contributed by atoms with Gasteiger partial charge >= 0.3 is 0 Å². The smallest absolute Gasteiger partial charge is 0.163 e. The predicted octanol–water partition coefficient (Wildman–Crippen LogP) is 3.15. The number of benzene rings is 1. The first kappa shape index (κ1) is 14.8. The summed E-state index contributed by atoms with van der Waals surface area (Å²) in [7, 11) is 4.87. The minimum Gasteiger partial charge on any atom is -0.493 e. The van der Waals surface area contributed by atoms with Crippen molar-refractivity contribution in [1.82, 2.24) is 5.32 Å². The lowest BCUT2D eigenvalue weighted by Crippen LogP contribution is -2.30. The van der Waals surface area contributed by atoms with Crippen LogP contribution in [0.3, 0.4) is 0 Å². The Hall–Kier alpha value is -1.29. The highest BCUT2D eigenvalue weighted by Crippen LogP contribution is 2.38. The summed E-state index contributed by atoms with van der Waals surface area (Å²) in [5.41, 5.74) is 0.484. The van der Waals surface area contributed by atoms with Gasteiger partial charge in [0.05, 0.1) is 14.2 Å². The highest BCUT2D eigenvalue weighted by molar-refractivity contribution is 5.45. The molecule has 0 saturated carbocycles. The summed E-state index contributed by atoms with van der Waals surface area (Å²) in [6, 6.07) is 2.96. The molecular formula is C14H22FNO2. The monoisotopic (exact) mass is 255 g/mol. The summed E-state index contributed by atoms with van der Waals surface area (Å²) in [6.07, 6.45) is 0. The largest absolute Gasteiger partial charge is 0.493 e. The maximum absolute atomic E-state index is 14.1. The number of methoxy groups -OCH3 is 2. The molecule has 4 heteroatoms. The fourth-order valence-electron chi connectivity index (χ4n) is 2.15. The van der Waals surface area contributed by atoms with Crippen LogP contribution >= 0.6 is 0 Å². The van der Waals surface area contributed by atoms with Crippen molar-refractivity contribution in [2.24, 2.45) is 5.41 Å². The van der Waals surface area contributed by atoms with E-state index < -0.39 is 0 Å². The molecule has 0 bridgehead atoms. The van der Waals surface area contributed by atoms with Crippen LogP contribution < -0.4 is 14.8 Å². The number of hydrogen-bond donors (Lipinski definition) is 1. The fourth-order valence-corrected chi connectivity index (χ4v) is 2.15. The van der Waals surface area contributed by atoms with Crippen LogP contribution in [0.25, 0.3) is 0 Å². The van der Waals surface area contributed by atoms with E-state index in [-0.39, 0.29) is 17.3 Å². The lowest BCUT2D eigenvalue weighted by Gasteiger charge is -2.31. The summed E-state index contributed by atoms with van der Waals surface area (Å²) in [4.78, 5) is 0. The molecule has 102 valence electrons. The molecule has 1 atom stereocenters. The van der Waals surface area contributed by atoms with Crippen LogP contribution in [-0.2, 0) is 0 Å². The Morgan fingerprint density at radius 3 is 2.00 bits per heavy atom. The van der Waals surface area contributed by atoms with Gasteiger partial charge in [-0.3, -0.25) is 0 Å². The van der Waals surface area contributed by atoms with Gasteiger partial charge in [-0.15, -0.1) is 0 Å². The third kappa shape index (κ3) is 2.93. The zero-order chi connectivity index (χ0) is 13.9. The summed E-state index contributed by atoms with van der Waals surface area (Å²) < 4.78 is 24.5. The maximum atomic E-state index is 14.1. The topological polar surface area (TPSA) is 30.5 Å². The van der Waals surface area contributed by atoms with Crippen molar-refractivity contribution < 1.29 is 13.9 Å². The molecular weight excluding hydrogens is 233 g/mol. The fraction of sp³-hybridized carbons (Fsp3) is 0.571. The van der Waals surface area contributed by atoms with Crippen LogP contribution in [0, 0.1) is 11.2 Å². The predicted molar refractivity (Wildman–Crippen MR) is 70.8 cm³/mol. The van der Waals surface area contributed by atoms with Gasteiger partial charge in [0.2, 0.25) is 0 Å². The molecule has 0 fully saturated rings. The summed E-state index contributed by atoms with van der Waals surface area (Å²) in [5, 5.41) is 3.15. The molecule has 3 nitrogen and oxygen atoms in total. The Bertz CT molecular complexity index is 413. The lowest BCUT2D eigenvalue weighted by atomic mass is 9.82. The van der Waals surface area contributed by atoms with Gasteiger partial charge in [0, 0.05) is 17.7 Å². The molecule has 1 N–H and O–H groups in total. The minimum atomic E-state index is -0.290. The second-order valence-corrected chi connectivity index (χ2v) is 5.32. The van der Waals surface area contributed by atoms with Gasteiger partial charge in [0.25, 0.3) is 0 Å². The molecule has 0 amide bonds. The Morgan fingerprint density at radius 2 is 1.61 bits per heavy atom. The normalized spacial score (nSPS) is 13.3. The number of nitrogens with one attached hydrogen (secondary N) is 1. The van der Waals surface area contributed by atoms with E-state index in [1.807, 2.05) is 7.05 Å². The summed E-state index contributed by atoms with van der Waals surface area (Å²) in [5.74, 6) is 0.655. The Kier molecular flexibility index (Phi) is 4.57. The van der Waals surface area contributed by atoms with E-state index in [1.165, 1.54) is 13.2 Å². The third-order valence-electron chi connectivity index (χ3n) is 2.97. The van der Waals surface area contributed by atoms with Gasteiger partial charge in [0.15, 0.2) is 11.5 Å². The van der Waals surface area contributed by atoms with Gasteiger partial charge in [-0.1, -0.05) is 20.8 Å². The number of halogens is 1. The van der Waals surface area contributed by atoms with E-state index in [9.17, 15) is 4.39 Å². The average Bonchev–Trinajstić information content (AvgIpc) is 2.29. The zero-order valence-electron chi connectivity index (χ0n) is 11.9. The lowest BCUT2D eigenvalue weighted by molar-refractivity contribution is 0.277. The van der Waals surface area contributed by atoms with Gasteiger partial charge in [-0.05, 0) is 18.5 Å². The highest BCUT2D eigenvalue weighted by Gasteiger charge is 2.28. The van der Waals surface area contributed by atoms with E-state index in [0.29, 0.717) is 17.1 Å². The first-order valence-corrected chi connectivity index (χ1v) is 5.93. The van der Waals surface area contributed by atoms with Gasteiger partial charge in [-0.2, -0.15) is 0 Å². The van der Waals surface area contributed by atoms with Gasteiger partial charge in [-0.25, -0.2) is 4.39 Å². The molecule has 0 aliphatic heterocycles. The first-order chi connectivity index (χ1) is 8.35. The van der Waals surface area contributed by atoms with Crippen LogP contribution in [0.1, 0.15) is 32.4 Å². The van der Waals surface area contributed by atoms with Gasteiger partial charge < -0.3 is 14.8 Å². The quantitative estimate of drug-likeness (QED) is 0.896. The standard InChI is InChI=1S/C14H22FNO2/c1-14(2,3)13(16-4)9-7-11(17-5)12(18-6)8-10(9)15/h7-8,13,16H,1-6H3. The Labute approximate surface area is 108 Å². The third-order valence-corrected chi connectivity index (χ3v) is 2.97. The number of hydrogen-bond acceptors (Lipinski definition) is 3. The van der Waals surface area contributed by atoms with Crippen LogP contribution in [0.4, 0.5) is 4.39 Å². The van der Waals surface area contributed by atoms with Crippen LogP contribution in [-0.4, -0.2) is 21.3 Å². The van der Waals surface area contributed by atoms with Crippen molar-refractivity contribution in [3.05, 3.63) is 23.5 Å². The average molecular weight is 255 g/mol. The first-order valence-electron chi connectivity index (χ1n) is 5.93. The van der Waals surface area contributed by atoms with Crippen molar-refractivity contribution >= 4 is 0 Å². The molecule has 0 radical (unpaired) electrons. The van der Waals surface area contributed by atoms with Crippen molar-refractivity contribution in [3.8, 4) is 11.5 Å². The molecule has 18 heavy (non-hydrogen) atoms. The molecule has 1 unspecified atom stereocenters. The summed E-state index contributed by atoms with van der Waals surface area (Å²) >= 11 is 0. The van der Waals surface area contributed by atoms with Crippen molar-refractivity contribution in [2.75, 3.05) is 21.3 Å². The van der Waals surface area contributed by atoms with Crippen LogP contribution in [0.15, 0.2) is 12.1 Å². The van der Waals surface area contributed by atoms with E-state index in [4.69, 9.17) is 9.47 Å². The molecule has 1 rings (SSSR count). The molecule has 0 heterocycles. The Morgan fingerprint density at radius 1 is 1.11 bits per heavy atom. The molecule has 0 aliphatic rings. The molecule has 1 aromatic carbocycles. The van der Waals surface area contributed by atoms with Gasteiger partial charge in [0.1, 0.15) is 5.82 Å². The highest BCUT2D eigenvalue weighted by atomic mass is 19.1. The second-order valence-electron chi connectivity index (χ2n) is 5.32. The maximum Gasteiger partial charge on any atom is 0.163 e. The van der Waals surface area contributed by atoms with Crippen molar-refractivity contribution in [3.63, 3.8) is 0 Å². The van der Waals surface area contributed by atoms with Crippen molar-refractivity contribution in [2.45, 2.75) is 26.8 Å². The number of ether oxygens (including phenoxy) is 2. The molecule has 0 spiro atoms. The van der Waals surface area contributed by atoms with E-state index in [0.717, 1.165) is 0 Å². The molecule has 0 saturated heterocycles. The van der Waals surface area contributed by atoms with E-state index in [1.54, 1.807) is 13.2 Å². The zero-order valence-corrected chi connectivity index (χ0v) is 11.9. The van der Waals surface area contributed by atoms with Crippen LogP contribution in [0.2, 0.25) is 0 Å². The molecule has 1 aromatic rings. The van der Waals surface area contributed by atoms with E-state index >= 15 is 0 Å². The molecule has 0 aromatic heterocycles.